The summed E-state index contributed by atoms with van der Waals surface area (Å²) in [5, 5.41) is 12.5. The van der Waals surface area contributed by atoms with Crippen molar-refractivity contribution in [1.82, 2.24) is 5.32 Å². The Hall–Kier alpha value is -1.47. The average Bonchev–Trinajstić information content (AvgIpc) is 2.11. The lowest BCUT2D eigenvalue weighted by molar-refractivity contribution is -0.141. The predicted octanol–water partition coefficient (Wildman–Crippen LogP) is 0.437. The van der Waals surface area contributed by atoms with E-state index >= 15 is 0 Å². The minimum Gasteiger partial charge on any atom is -0.409 e. The monoisotopic (exact) mass is 227 g/mol. The standard InChI is InChI=1S/C7H12F3N3O2/c1-6(2,4(11)13-15)5(14)12-3-7(8,9)10/h15H,3H2,1-2H3,(H2,11,13)(H,12,14). The van der Waals surface area contributed by atoms with Crippen LogP contribution in [0.15, 0.2) is 5.16 Å². The fraction of sp³-hybridized carbons (Fsp3) is 0.714. The van der Waals surface area contributed by atoms with E-state index in [0.29, 0.717) is 0 Å². The molecule has 88 valence electrons. The second-order valence-electron chi connectivity index (χ2n) is 3.41. The number of oxime groups is 1. The number of alkyl halides is 3. The van der Waals surface area contributed by atoms with Crippen LogP contribution >= 0.6 is 0 Å². The SMILES string of the molecule is CC(C)(C(=O)NCC(F)(F)F)C(N)=NO. The molecule has 4 N–H and O–H groups in total. The summed E-state index contributed by atoms with van der Waals surface area (Å²) in [6, 6.07) is 0. The summed E-state index contributed by atoms with van der Waals surface area (Å²) in [6.45, 7) is 1.04. The summed E-state index contributed by atoms with van der Waals surface area (Å²) in [5.74, 6) is -1.42. The molecule has 0 unspecified atom stereocenters. The van der Waals surface area contributed by atoms with E-state index in [9.17, 15) is 18.0 Å². The summed E-state index contributed by atoms with van der Waals surface area (Å²) < 4.78 is 35.3. The van der Waals surface area contributed by atoms with Gasteiger partial charge in [0.2, 0.25) is 5.91 Å². The molecule has 0 saturated carbocycles. The minimum atomic E-state index is -4.49. The van der Waals surface area contributed by atoms with Crippen molar-refractivity contribution in [2.45, 2.75) is 20.0 Å². The second kappa shape index (κ2) is 4.37. The largest absolute Gasteiger partial charge is 0.409 e. The summed E-state index contributed by atoms with van der Waals surface area (Å²) in [6.07, 6.45) is -4.49. The maximum absolute atomic E-state index is 11.8. The third-order valence-electron chi connectivity index (χ3n) is 1.77. The summed E-state index contributed by atoms with van der Waals surface area (Å²) >= 11 is 0. The van der Waals surface area contributed by atoms with Crippen molar-refractivity contribution in [1.29, 1.82) is 0 Å². The number of nitrogens with two attached hydrogens (primary N) is 1. The highest BCUT2D eigenvalue weighted by molar-refractivity contribution is 6.05. The normalized spacial score (nSPS) is 13.8. The van der Waals surface area contributed by atoms with Crippen LogP contribution in [0.25, 0.3) is 0 Å². The van der Waals surface area contributed by atoms with Crippen LogP contribution in [0.5, 0.6) is 0 Å². The molecule has 0 spiro atoms. The van der Waals surface area contributed by atoms with Crippen LogP contribution in [0.2, 0.25) is 0 Å². The van der Waals surface area contributed by atoms with Crippen LogP contribution in [0.3, 0.4) is 0 Å². The van der Waals surface area contributed by atoms with Gasteiger partial charge in [0.05, 0.1) is 0 Å². The predicted molar refractivity (Wildman–Crippen MR) is 46.3 cm³/mol. The van der Waals surface area contributed by atoms with Crippen molar-refractivity contribution in [2.24, 2.45) is 16.3 Å². The molecule has 0 aliphatic heterocycles. The highest BCUT2D eigenvalue weighted by Crippen LogP contribution is 2.17. The fourth-order valence-electron chi connectivity index (χ4n) is 0.643. The van der Waals surface area contributed by atoms with Gasteiger partial charge in [-0.2, -0.15) is 13.2 Å². The van der Waals surface area contributed by atoms with Gasteiger partial charge < -0.3 is 16.3 Å². The van der Waals surface area contributed by atoms with E-state index < -0.39 is 29.9 Å². The average molecular weight is 227 g/mol. The highest BCUT2D eigenvalue weighted by atomic mass is 19.4. The molecule has 5 nitrogen and oxygen atoms in total. The Bertz CT molecular complexity index is 273. The topological polar surface area (TPSA) is 87.7 Å². The smallest absolute Gasteiger partial charge is 0.405 e. The van der Waals surface area contributed by atoms with Crippen LogP contribution in [0, 0.1) is 5.41 Å². The highest BCUT2D eigenvalue weighted by Gasteiger charge is 2.36. The lowest BCUT2D eigenvalue weighted by Crippen LogP contribution is -2.48. The molecule has 0 atom stereocenters. The number of amides is 1. The lowest BCUT2D eigenvalue weighted by atomic mass is 9.91. The molecule has 0 aliphatic carbocycles. The van der Waals surface area contributed by atoms with Gasteiger partial charge in [0.15, 0.2) is 5.84 Å². The van der Waals surface area contributed by atoms with Crippen molar-refractivity contribution < 1.29 is 23.2 Å². The molecule has 0 aromatic carbocycles. The molecule has 8 heteroatoms. The quantitative estimate of drug-likeness (QED) is 0.283. The third-order valence-corrected chi connectivity index (χ3v) is 1.77. The van der Waals surface area contributed by atoms with Gasteiger partial charge in [0.1, 0.15) is 12.0 Å². The van der Waals surface area contributed by atoms with E-state index in [1.807, 2.05) is 0 Å². The first-order chi connectivity index (χ1) is 6.61. The molecule has 1 amide bonds. The number of nitrogens with one attached hydrogen (secondary N) is 1. The van der Waals surface area contributed by atoms with Gasteiger partial charge in [0.25, 0.3) is 0 Å². The maximum Gasteiger partial charge on any atom is 0.405 e. The van der Waals surface area contributed by atoms with E-state index in [1.165, 1.54) is 13.8 Å². The van der Waals surface area contributed by atoms with Crippen LogP contribution < -0.4 is 11.1 Å². The fourth-order valence-corrected chi connectivity index (χ4v) is 0.643. The molecule has 15 heavy (non-hydrogen) atoms. The van der Waals surface area contributed by atoms with E-state index in [4.69, 9.17) is 10.9 Å². The van der Waals surface area contributed by atoms with E-state index in [-0.39, 0.29) is 0 Å². The molecule has 0 saturated heterocycles. The third kappa shape index (κ3) is 4.05. The number of nitrogens with zero attached hydrogens (tertiary/aromatic N) is 1. The molecule has 0 bridgehead atoms. The van der Waals surface area contributed by atoms with Crippen LogP contribution in [0.1, 0.15) is 13.8 Å². The Balaban J connectivity index is 4.46. The Labute approximate surface area is 84.1 Å². The van der Waals surface area contributed by atoms with Gasteiger partial charge >= 0.3 is 6.18 Å². The van der Waals surface area contributed by atoms with Gasteiger partial charge in [-0.25, -0.2) is 0 Å². The summed E-state index contributed by atoms with van der Waals surface area (Å²) in [5.41, 5.74) is 3.66. The first-order valence-corrected chi connectivity index (χ1v) is 3.94. The van der Waals surface area contributed by atoms with Crippen molar-refractivity contribution in [3.8, 4) is 0 Å². The first kappa shape index (κ1) is 13.5. The second-order valence-corrected chi connectivity index (χ2v) is 3.41. The Morgan fingerprint density at radius 2 is 1.93 bits per heavy atom. The number of carbonyl (C=O) groups is 1. The molecule has 0 fully saturated rings. The molecule has 0 heterocycles. The summed E-state index contributed by atoms with van der Waals surface area (Å²) in [7, 11) is 0. The zero-order chi connectivity index (χ0) is 12.3. The zero-order valence-electron chi connectivity index (χ0n) is 8.22. The molecule has 0 aromatic heterocycles. The van der Waals surface area contributed by atoms with Gasteiger partial charge in [-0.3, -0.25) is 4.79 Å². The molecule has 0 radical (unpaired) electrons. The number of carbonyl (C=O) groups excluding carboxylic acids is 1. The Kier molecular flexibility index (Phi) is 3.94. The van der Waals surface area contributed by atoms with Crippen molar-refractivity contribution >= 4 is 11.7 Å². The number of rotatable bonds is 3. The van der Waals surface area contributed by atoms with E-state index in [0.717, 1.165) is 0 Å². The molecule has 0 aliphatic rings. The maximum atomic E-state index is 11.8. The number of amidine groups is 1. The van der Waals surface area contributed by atoms with Gasteiger partial charge in [-0.1, -0.05) is 5.16 Å². The molecule has 0 aromatic rings. The molecular formula is C7H12F3N3O2. The van der Waals surface area contributed by atoms with Crippen molar-refractivity contribution in [3.05, 3.63) is 0 Å². The first-order valence-electron chi connectivity index (χ1n) is 3.94. The van der Waals surface area contributed by atoms with Crippen molar-refractivity contribution in [2.75, 3.05) is 6.54 Å². The van der Waals surface area contributed by atoms with E-state index in [1.54, 1.807) is 5.32 Å². The van der Waals surface area contributed by atoms with Gasteiger partial charge in [-0.05, 0) is 13.8 Å². The van der Waals surface area contributed by atoms with E-state index in [2.05, 4.69) is 5.16 Å². The molecule has 0 rings (SSSR count). The number of hydrogen-bond acceptors (Lipinski definition) is 3. The zero-order valence-corrected chi connectivity index (χ0v) is 8.22. The van der Waals surface area contributed by atoms with Crippen LogP contribution in [0.4, 0.5) is 13.2 Å². The Morgan fingerprint density at radius 3 is 2.27 bits per heavy atom. The van der Waals surface area contributed by atoms with Crippen molar-refractivity contribution in [3.63, 3.8) is 0 Å². The number of hydrogen-bond donors (Lipinski definition) is 3. The van der Waals surface area contributed by atoms with Crippen LogP contribution in [-0.4, -0.2) is 29.7 Å². The van der Waals surface area contributed by atoms with Crippen LogP contribution in [-0.2, 0) is 4.79 Å². The van der Waals surface area contributed by atoms with Gasteiger partial charge in [-0.15, -0.1) is 0 Å². The number of halogens is 3. The minimum absolute atomic E-state index is 0.456. The van der Waals surface area contributed by atoms with Gasteiger partial charge in [0, 0.05) is 0 Å². The summed E-state index contributed by atoms with van der Waals surface area (Å²) in [4.78, 5) is 11.2. The molecular weight excluding hydrogens is 215 g/mol. The lowest BCUT2D eigenvalue weighted by Gasteiger charge is -2.22. The Morgan fingerprint density at radius 1 is 1.47 bits per heavy atom.